The number of nitrogens with zero attached hydrogens (tertiary/aromatic N) is 1. The van der Waals surface area contributed by atoms with E-state index in [1.165, 1.54) is 19.3 Å². The summed E-state index contributed by atoms with van der Waals surface area (Å²) < 4.78 is 0. The van der Waals surface area contributed by atoms with Crippen LogP contribution in [-0.4, -0.2) is 16.7 Å². The van der Waals surface area contributed by atoms with Gasteiger partial charge in [0.2, 0.25) is 0 Å². The molecule has 0 spiro atoms. The first-order valence-corrected chi connectivity index (χ1v) is 6.19. The van der Waals surface area contributed by atoms with Crippen LogP contribution in [0.4, 0.5) is 11.4 Å². The van der Waals surface area contributed by atoms with Gasteiger partial charge in [0.05, 0.1) is 23.1 Å². The van der Waals surface area contributed by atoms with Crippen molar-refractivity contribution in [3.05, 3.63) is 18.3 Å². The maximum atomic E-state index is 6.03. The van der Waals surface area contributed by atoms with Crippen molar-refractivity contribution in [3.8, 4) is 0 Å². The predicted octanol–water partition coefficient (Wildman–Crippen LogP) is 2.75. The molecule has 1 aliphatic carbocycles. The first kappa shape index (κ1) is 10.4. The maximum Gasteiger partial charge on any atom is 0.0672 e. The Labute approximate surface area is 101 Å². The van der Waals surface area contributed by atoms with Crippen molar-refractivity contribution in [2.24, 2.45) is 5.41 Å². The third-order valence-electron chi connectivity index (χ3n) is 3.97. The topological polar surface area (TPSA) is 66.7 Å². The molecule has 1 aromatic carbocycles. The fraction of sp³-hybridized carbons (Fsp3) is 0.462. The molecule has 4 nitrogen and oxygen atoms in total. The first-order valence-electron chi connectivity index (χ1n) is 6.19. The van der Waals surface area contributed by atoms with Crippen molar-refractivity contribution in [1.29, 1.82) is 0 Å². The van der Waals surface area contributed by atoms with E-state index in [2.05, 4.69) is 22.4 Å². The number of benzene rings is 1. The zero-order valence-electron chi connectivity index (χ0n) is 10.1. The number of nitrogens with two attached hydrogens (primary N) is 1. The number of nitrogen functional groups attached to an aromatic ring is 1. The Bertz CT molecular complexity index is 539. The lowest BCUT2D eigenvalue weighted by molar-refractivity contribution is 0.521. The summed E-state index contributed by atoms with van der Waals surface area (Å²) in [5.41, 5.74) is 9.40. The molecule has 1 fully saturated rings. The third-order valence-corrected chi connectivity index (χ3v) is 3.97. The van der Waals surface area contributed by atoms with Crippen LogP contribution in [0.15, 0.2) is 18.3 Å². The zero-order chi connectivity index (χ0) is 11.9. The highest BCUT2D eigenvalue weighted by Crippen LogP contribution is 2.48. The average molecular weight is 230 g/mol. The molecule has 3 rings (SSSR count). The monoisotopic (exact) mass is 230 g/mol. The van der Waals surface area contributed by atoms with Crippen molar-refractivity contribution < 1.29 is 0 Å². The molecule has 1 aliphatic rings. The molecule has 0 bridgehead atoms. The summed E-state index contributed by atoms with van der Waals surface area (Å²) in [6.07, 6.45) is 5.71. The molecule has 1 heterocycles. The number of hydrogen-bond acceptors (Lipinski definition) is 3. The van der Waals surface area contributed by atoms with Gasteiger partial charge < -0.3 is 11.1 Å². The average Bonchev–Trinajstić information content (AvgIpc) is 2.98. The molecule has 4 N–H and O–H groups in total. The molecule has 0 amide bonds. The standard InChI is InChI=1S/C13H18N4/c1-2-13(3-4-13)8-15-12-6-11-9(5-10(12)14)7-16-17-11/h5-7,15H,2-4,8,14H2,1H3,(H,16,17). The van der Waals surface area contributed by atoms with E-state index in [1.54, 1.807) is 6.20 Å². The molecule has 1 aromatic heterocycles. The van der Waals surface area contributed by atoms with Crippen molar-refractivity contribution in [1.82, 2.24) is 10.2 Å². The molecule has 2 aromatic rings. The lowest BCUT2D eigenvalue weighted by Gasteiger charge is -2.15. The number of rotatable bonds is 4. The summed E-state index contributed by atoms with van der Waals surface area (Å²) in [7, 11) is 0. The number of aromatic amines is 1. The summed E-state index contributed by atoms with van der Waals surface area (Å²) in [5, 5.41) is 11.5. The van der Waals surface area contributed by atoms with Gasteiger partial charge in [-0.1, -0.05) is 6.92 Å². The first-order chi connectivity index (χ1) is 8.22. The van der Waals surface area contributed by atoms with Gasteiger partial charge in [0, 0.05) is 11.9 Å². The van der Waals surface area contributed by atoms with Crippen LogP contribution in [0.3, 0.4) is 0 Å². The minimum atomic E-state index is 0.523. The van der Waals surface area contributed by atoms with Crippen LogP contribution in [0.25, 0.3) is 10.9 Å². The highest BCUT2D eigenvalue weighted by Gasteiger charge is 2.40. The van der Waals surface area contributed by atoms with E-state index in [0.29, 0.717) is 5.41 Å². The number of aromatic nitrogens is 2. The lowest BCUT2D eigenvalue weighted by Crippen LogP contribution is -2.15. The van der Waals surface area contributed by atoms with E-state index in [9.17, 15) is 0 Å². The second-order valence-corrected chi connectivity index (χ2v) is 5.10. The molecule has 0 atom stereocenters. The van der Waals surface area contributed by atoms with Crippen molar-refractivity contribution in [3.63, 3.8) is 0 Å². The number of hydrogen-bond donors (Lipinski definition) is 3. The van der Waals surface area contributed by atoms with Crippen LogP contribution >= 0.6 is 0 Å². The van der Waals surface area contributed by atoms with E-state index in [4.69, 9.17) is 5.73 Å². The molecule has 17 heavy (non-hydrogen) atoms. The van der Waals surface area contributed by atoms with Gasteiger partial charge in [0.1, 0.15) is 0 Å². The van der Waals surface area contributed by atoms with Gasteiger partial charge in [-0.2, -0.15) is 5.10 Å². The van der Waals surface area contributed by atoms with Crippen LogP contribution in [0.5, 0.6) is 0 Å². The van der Waals surface area contributed by atoms with Crippen LogP contribution in [0.2, 0.25) is 0 Å². The summed E-state index contributed by atoms with van der Waals surface area (Å²) in [4.78, 5) is 0. The highest BCUT2D eigenvalue weighted by molar-refractivity contribution is 5.88. The zero-order valence-corrected chi connectivity index (χ0v) is 10.1. The smallest absolute Gasteiger partial charge is 0.0672 e. The molecular formula is C13H18N4. The molecule has 1 saturated carbocycles. The summed E-state index contributed by atoms with van der Waals surface area (Å²) in [6.45, 7) is 3.28. The largest absolute Gasteiger partial charge is 0.397 e. The minimum absolute atomic E-state index is 0.523. The van der Waals surface area contributed by atoms with E-state index in [1.807, 2.05) is 12.1 Å². The van der Waals surface area contributed by atoms with E-state index in [0.717, 1.165) is 28.8 Å². The van der Waals surface area contributed by atoms with Gasteiger partial charge in [0.15, 0.2) is 0 Å². The van der Waals surface area contributed by atoms with Crippen molar-refractivity contribution in [2.45, 2.75) is 26.2 Å². The molecule has 90 valence electrons. The number of fused-ring (bicyclic) bond motifs is 1. The fourth-order valence-electron chi connectivity index (χ4n) is 2.28. The Kier molecular flexibility index (Phi) is 2.24. The molecule has 0 unspecified atom stereocenters. The van der Waals surface area contributed by atoms with Gasteiger partial charge in [-0.25, -0.2) is 0 Å². The maximum absolute atomic E-state index is 6.03. The van der Waals surface area contributed by atoms with Crippen LogP contribution in [0.1, 0.15) is 26.2 Å². The lowest BCUT2D eigenvalue weighted by atomic mass is 10.0. The van der Waals surface area contributed by atoms with Gasteiger partial charge in [-0.15, -0.1) is 0 Å². The van der Waals surface area contributed by atoms with Gasteiger partial charge in [-0.3, -0.25) is 5.10 Å². The van der Waals surface area contributed by atoms with Crippen molar-refractivity contribution >= 4 is 22.3 Å². The Morgan fingerprint density at radius 2 is 2.29 bits per heavy atom. The summed E-state index contributed by atoms with van der Waals surface area (Å²) in [5.74, 6) is 0. The second-order valence-electron chi connectivity index (χ2n) is 5.10. The minimum Gasteiger partial charge on any atom is -0.397 e. The normalized spacial score (nSPS) is 17.2. The highest BCUT2D eigenvalue weighted by atomic mass is 15.1. The Morgan fingerprint density at radius 3 is 3.00 bits per heavy atom. The summed E-state index contributed by atoms with van der Waals surface area (Å²) >= 11 is 0. The third kappa shape index (κ3) is 1.84. The second kappa shape index (κ2) is 3.65. The van der Waals surface area contributed by atoms with Crippen LogP contribution in [0, 0.1) is 5.41 Å². The Balaban J connectivity index is 1.82. The number of anilines is 2. The molecular weight excluding hydrogens is 212 g/mol. The molecule has 0 aliphatic heterocycles. The van der Waals surface area contributed by atoms with E-state index < -0.39 is 0 Å². The quantitative estimate of drug-likeness (QED) is 0.707. The predicted molar refractivity (Wildman–Crippen MR) is 71.0 cm³/mol. The Hall–Kier alpha value is -1.71. The number of nitrogens with one attached hydrogen (secondary N) is 2. The SMILES string of the molecule is CCC1(CNc2cc3[nH]ncc3cc2N)CC1. The molecule has 4 heteroatoms. The van der Waals surface area contributed by atoms with Crippen molar-refractivity contribution in [2.75, 3.05) is 17.6 Å². The fourth-order valence-corrected chi connectivity index (χ4v) is 2.28. The van der Waals surface area contributed by atoms with Crippen LogP contribution in [-0.2, 0) is 0 Å². The van der Waals surface area contributed by atoms with Gasteiger partial charge in [-0.05, 0) is 36.8 Å². The summed E-state index contributed by atoms with van der Waals surface area (Å²) in [6, 6.07) is 4.01. The van der Waals surface area contributed by atoms with E-state index >= 15 is 0 Å². The van der Waals surface area contributed by atoms with Gasteiger partial charge in [0.25, 0.3) is 0 Å². The van der Waals surface area contributed by atoms with Crippen LogP contribution < -0.4 is 11.1 Å². The molecule has 0 saturated heterocycles. The number of H-pyrrole nitrogens is 1. The molecule has 0 radical (unpaired) electrons. The Morgan fingerprint density at radius 1 is 1.47 bits per heavy atom. The van der Waals surface area contributed by atoms with E-state index in [-0.39, 0.29) is 0 Å². The van der Waals surface area contributed by atoms with Gasteiger partial charge >= 0.3 is 0 Å².